The molecule has 162 valence electrons. The van der Waals surface area contributed by atoms with Gasteiger partial charge in [0.2, 0.25) is 5.91 Å². The van der Waals surface area contributed by atoms with E-state index < -0.39 is 6.04 Å². The molecule has 0 heterocycles. The molecule has 0 aliphatic carbocycles. The number of halogens is 1. The molecule has 1 atom stereocenters. The van der Waals surface area contributed by atoms with Crippen LogP contribution in [0.5, 0.6) is 5.75 Å². The summed E-state index contributed by atoms with van der Waals surface area (Å²) >= 11 is 6.10. The van der Waals surface area contributed by atoms with Gasteiger partial charge >= 0.3 is 0 Å². The van der Waals surface area contributed by atoms with Crippen LogP contribution in [0.25, 0.3) is 0 Å². The van der Waals surface area contributed by atoms with Crippen molar-refractivity contribution < 1.29 is 14.3 Å². The average molecular weight is 431 g/mol. The van der Waals surface area contributed by atoms with Crippen molar-refractivity contribution in [1.82, 2.24) is 10.2 Å². The summed E-state index contributed by atoms with van der Waals surface area (Å²) in [5.74, 6) is 0.241. The Balaban J connectivity index is 2.15. The van der Waals surface area contributed by atoms with E-state index in [-0.39, 0.29) is 25.0 Å². The first kappa shape index (κ1) is 23.7. The van der Waals surface area contributed by atoms with Gasteiger partial charge in [0.25, 0.3) is 5.91 Å². The monoisotopic (exact) mass is 430 g/mol. The highest BCUT2D eigenvalue weighted by Crippen LogP contribution is 2.21. The molecule has 0 aliphatic heterocycles. The molecule has 2 aromatic rings. The number of benzene rings is 2. The Hall–Kier alpha value is -2.53. The van der Waals surface area contributed by atoms with Gasteiger partial charge in [0.05, 0.1) is 0 Å². The predicted octanol–water partition coefficient (Wildman–Crippen LogP) is 4.67. The Bertz CT molecular complexity index is 869. The first-order valence-corrected chi connectivity index (χ1v) is 10.7. The van der Waals surface area contributed by atoms with Crippen molar-refractivity contribution in [2.45, 2.75) is 53.1 Å². The van der Waals surface area contributed by atoms with Crippen LogP contribution in [0.15, 0.2) is 42.5 Å². The topological polar surface area (TPSA) is 58.6 Å². The first-order valence-electron chi connectivity index (χ1n) is 10.3. The zero-order valence-corrected chi connectivity index (χ0v) is 19.0. The van der Waals surface area contributed by atoms with Crippen LogP contribution >= 0.6 is 11.6 Å². The van der Waals surface area contributed by atoms with Crippen LogP contribution in [0.1, 0.15) is 43.4 Å². The number of hydrogen-bond donors (Lipinski definition) is 1. The highest BCUT2D eigenvalue weighted by atomic mass is 35.5. The second-order valence-electron chi connectivity index (χ2n) is 7.46. The van der Waals surface area contributed by atoms with Crippen molar-refractivity contribution in [1.29, 1.82) is 0 Å². The van der Waals surface area contributed by atoms with E-state index in [1.54, 1.807) is 19.1 Å². The molecular weight excluding hydrogens is 400 g/mol. The lowest BCUT2D eigenvalue weighted by atomic mass is 10.1. The molecule has 2 aromatic carbocycles. The summed E-state index contributed by atoms with van der Waals surface area (Å²) in [7, 11) is 0. The van der Waals surface area contributed by atoms with E-state index in [2.05, 4.69) is 12.2 Å². The van der Waals surface area contributed by atoms with Crippen LogP contribution in [-0.4, -0.2) is 35.9 Å². The number of unbranched alkanes of at least 4 members (excludes halogenated alkanes) is 1. The summed E-state index contributed by atoms with van der Waals surface area (Å²) in [6, 6.07) is 12.4. The van der Waals surface area contributed by atoms with Gasteiger partial charge in [-0.1, -0.05) is 49.2 Å². The molecule has 5 nitrogen and oxygen atoms in total. The van der Waals surface area contributed by atoms with Crippen LogP contribution in [0.2, 0.25) is 5.02 Å². The smallest absolute Gasteiger partial charge is 0.261 e. The first-order chi connectivity index (χ1) is 14.3. The third-order valence-electron chi connectivity index (χ3n) is 5.14. The molecule has 6 heteroatoms. The minimum absolute atomic E-state index is 0.141. The molecule has 0 aliphatic rings. The third kappa shape index (κ3) is 6.77. The molecule has 0 spiro atoms. The molecule has 2 amide bonds. The molecule has 0 radical (unpaired) electrons. The Morgan fingerprint density at radius 1 is 1.17 bits per heavy atom. The highest BCUT2D eigenvalue weighted by molar-refractivity contribution is 6.30. The van der Waals surface area contributed by atoms with Crippen molar-refractivity contribution >= 4 is 23.4 Å². The number of nitrogens with one attached hydrogen (secondary N) is 1. The third-order valence-corrected chi connectivity index (χ3v) is 5.38. The second-order valence-corrected chi connectivity index (χ2v) is 7.90. The van der Waals surface area contributed by atoms with Crippen molar-refractivity contribution in [3.05, 3.63) is 64.2 Å². The lowest BCUT2D eigenvalue weighted by molar-refractivity contribution is -0.142. The summed E-state index contributed by atoms with van der Waals surface area (Å²) < 4.78 is 5.80. The Labute approximate surface area is 184 Å². The van der Waals surface area contributed by atoms with E-state index in [1.807, 2.05) is 44.2 Å². The molecule has 2 rings (SSSR count). The van der Waals surface area contributed by atoms with Crippen LogP contribution in [0.3, 0.4) is 0 Å². The van der Waals surface area contributed by atoms with Crippen LogP contribution in [0, 0.1) is 13.8 Å². The zero-order chi connectivity index (χ0) is 22.1. The standard InChI is InChI=1S/C24H31ClN2O3/c1-5-6-13-26-24(29)19(4)27(15-20-10-8-11-21(25)14-20)23(28)16-30-22-12-7-9-17(2)18(22)3/h7-12,14,19H,5-6,13,15-16H2,1-4H3,(H,26,29)/t19-/m0/s1. The Morgan fingerprint density at radius 2 is 1.90 bits per heavy atom. The zero-order valence-electron chi connectivity index (χ0n) is 18.2. The maximum absolute atomic E-state index is 13.1. The maximum Gasteiger partial charge on any atom is 0.261 e. The van der Waals surface area contributed by atoms with Crippen molar-refractivity contribution in [2.24, 2.45) is 0 Å². The fourth-order valence-corrected chi connectivity index (χ4v) is 3.27. The number of hydrogen-bond acceptors (Lipinski definition) is 3. The molecule has 0 saturated carbocycles. The maximum atomic E-state index is 13.1. The molecule has 0 fully saturated rings. The molecule has 30 heavy (non-hydrogen) atoms. The predicted molar refractivity (Wildman–Crippen MR) is 121 cm³/mol. The summed E-state index contributed by atoms with van der Waals surface area (Å²) in [5.41, 5.74) is 2.95. The fourth-order valence-electron chi connectivity index (χ4n) is 3.05. The lowest BCUT2D eigenvalue weighted by Crippen LogP contribution is -2.49. The number of carbonyl (C=O) groups is 2. The Morgan fingerprint density at radius 3 is 2.60 bits per heavy atom. The number of rotatable bonds is 10. The fraction of sp³-hybridized carbons (Fsp3) is 0.417. The molecular formula is C24H31ClN2O3. The van der Waals surface area contributed by atoms with Gasteiger partial charge in [-0.3, -0.25) is 9.59 Å². The van der Waals surface area contributed by atoms with Gasteiger partial charge in [0, 0.05) is 18.1 Å². The van der Waals surface area contributed by atoms with E-state index in [4.69, 9.17) is 16.3 Å². The van der Waals surface area contributed by atoms with Gasteiger partial charge in [0.1, 0.15) is 11.8 Å². The van der Waals surface area contributed by atoms with E-state index >= 15 is 0 Å². The number of carbonyl (C=O) groups excluding carboxylic acids is 2. The summed E-state index contributed by atoms with van der Waals surface area (Å²) in [4.78, 5) is 27.2. The van der Waals surface area contributed by atoms with E-state index in [1.165, 1.54) is 4.90 Å². The quantitative estimate of drug-likeness (QED) is 0.557. The molecule has 0 aromatic heterocycles. The van der Waals surface area contributed by atoms with Crippen molar-refractivity contribution in [3.63, 3.8) is 0 Å². The van der Waals surface area contributed by atoms with E-state index in [0.29, 0.717) is 17.3 Å². The number of aryl methyl sites for hydroxylation is 1. The minimum atomic E-state index is -0.629. The van der Waals surface area contributed by atoms with Crippen molar-refractivity contribution in [2.75, 3.05) is 13.2 Å². The number of amides is 2. The lowest BCUT2D eigenvalue weighted by Gasteiger charge is -2.29. The largest absolute Gasteiger partial charge is 0.483 e. The number of nitrogens with zero attached hydrogens (tertiary/aromatic N) is 1. The van der Waals surface area contributed by atoms with Gasteiger partial charge < -0.3 is 15.0 Å². The van der Waals surface area contributed by atoms with Gasteiger partial charge in [-0.2, -0.15) is 0 Å². The van der Waals surface area contributed by atoms with E-state index in [0.717, 1.165) is 29.5 Å². The second kappa shape index (κ2) is 11.6. The normalized spacial score (nSPS) is 11.6. The molecule has 0 unspecified atom stereocenters. The summed E-state index contributed by atoms with van der Waals surface area (Å²) in [5, 5.41) is 3.50. The number of ether oxygens (including phenoxy) is 1. The van der Waals surface area contributed by atoms with Gasteiger partial charge in [-0.15, -0.1) is 0 Å². The van der Waals surface area contributed by atoms with Gasteiger partial charge in [-0.25, -0.2) is 0 Å². The summed E-state index contributed by atoms with van der Waals surface area (Å²) in [6.07, 6.45) is 1.89. The molecule has 1 N–H and O–H groups in total. The average Bonchev–Trinajstić information content (AvgIpc) is 2.72. The van der Waals surface area contributed by atoms with Crippen LogP contribution in [-0.2, 0) is 16.1 Å². The summed E-state index contributed by atoms with van der Waals surface area (Å²) in [6.45, 7) is 8.49. The Kier molecular flexibility index (Phi) is 9.18. The molecule has 0 saturated heterocycles. The van der Waals surface area contributed by atoms with Gasteiger partial charge in [0.15, 0.2) is 6.61 Å². The SMILES string of the molecule is CCCCNC(=O)[C@H](C)N(Cc1cccc(Cl)c1)C(=O)COc1cccc(C)c1C. The van der Waals surface area contributed by atoms with Crippen LogP contribution in [0.4, 0.5) is 0 Å². The van der Waals surface area contributed by atoms with Gasteiger partial charge in [-0.05, 0) is 62.1 Å². The minimum Gasteiger partial charge on any atom is -0.483 e. The van der Waals surface area contributed by atoms with Crippen LogP contribution < -0.4 is 10.1 Å². The highest BCUT2D eigenvalue weighted by Gasteiger charge is 2.26. The van der Waals surface area contributed by atoms with E-state index in [9.17, 15) is 9.59 Å². The molecule has 0 bridgehead atoms. The van der Waals surface area contributed by atoms with Crippen molar-refractivity contribution in [3.8, 4) is 5.75 Å².